The zero-order valence-corrected chi connectivity index (χ0v) is 18.8. The summed E-state index contributed by atoms with van der Waals surface area (Å²) in [6.45, 7) is 10.6. The molecule has 0 aliphatic heterocycles. The number of aryl methyl sites for hydroxylation is 3. The van der Waals surface area contributed by atoms with Gasteiger partial charge in [-0.3, -0.25) is 4.79 Å². The van der Waals surface area contributed by atoms with E-state index < -0.39 is 5.41 Å². The van der Waals surface area contributed by atoms with Crippen molar-refractivity contribution in [2.24, 2.45) is 10.6 Å². The Morgan fingerprint density at radius 2 is 1.73 bits per heavy atom. The first-order valence-corrected chi connectivity index (χ1v) is 10.3. The summed E-state index contributed by atoms with van der Waals surface area (Å²) in [6, 6.07) is 14.3. The van der Waals surface area contributed by atoms with Crippen LogP contribution in [0.5, 0.6) is 0 Å². The monoisotopic (exact) mass is 405 g/mol. The predicted octanol–water partition coefficient (Wildman–Crippen LogP) is 5.93. The molecule has 0 amide bonds. The molecule has 1 aliphatic rings. The minimum Gasteiger partial charge on any atom is -0.492 e. The van der Waals surface area contributed by atoms with Gasteiger partial charge in [0.25, 0.3) is 0 Å². The standard InChI is InChI=1S/C26H31NO3/c1-17-12-18(2)23(19(3)13-17)24-22(30-16-21-10-8-7-9-11-21)15-26(5,25(24)28)14-20(4)27-29-6/h7-13H,14-16H2,1-6H3/b27-20+. The van der Waals surface area contributed by atoms with E-state index in [4.69, 9.17) is 9.57 Å². The van der Waals surface area contributed by atoms with Gasteiger partial charge in [-0.15, -0.1) is 0 Å². The third kappa shape index (κ3) is 4.48. The van der Waals surface area contributed by atoms with Crippen molar-refractivity contribution in [2.45, 2.75) is 54.1 Å². The number of ether oxygens (including phenoxy) is 1. The van der Waals surface area contributed by atoms with Crippen molar-refractivity contribution in [3.63, 3.8) is 0 Å². The summed E-state index contributed by atoms with van der Waals surface area (Å²) in [5.41, 5.74) is 6.39. The van der Waals surface area contributed by atoms with Gasteiger partial charge in [-0.05, 0) is 49.9 Å². The molecule has 30 heavy (non-hydrogen) atoms. The van der Waals surface area contributed by atoms with Crippen molar-refractivity contribution in [1.82, 2.24) is 0 Å². The molecule has 0 fully saturated rings. The molecule has 1 aliphatic carbocycles. The lowest BCUT2D eigenvalue weighted by molar-refractivity contribution is -0.120. The molecule has 1 unspecified atom stereocenters. The number of oxime groups is 1. The van der Waals surface area contributed by atoms with Crippen molar-refractivity contribution < 1.29 is 14.4 Å². The molecule has 0 spiro atoms. The average Bonchev–Trinajstić information content (AvgIpc) is 2.91. The van der Waals surface area contributed by atoms with E-state index in [1.54, 1.807) is 0 Å². The number of nitrogens with zero attached hydrogens (tertiary/aromatic N) is 1. The molecule has 0 saturated heterocycles. The first-order valence-electron chi connectivity index (χ1n) is 10.3. The summed E-state index contributed by atoms with van der Waals surface area (Å²) in [4.78, 5) is 18.7. The molecule has 3 rings (SSSR count). The summed E-state index contributed by atoms with van der Waals surface area (Å²) in [7, 11) is 1.53. The van der Waals surface area contributed by atoms with E-state index in [1.165, 1.54) is 12.7 Å². The van der Waals surface area contributed by atoms with Crippen LogP contribution in [-0.2, 0) is 21.0 Å². The zero-order valence-electron chi connectivity index (χ0n) is 18.8. The van der Waals surface area contributed by atoms with Crippen LogP contribution >= 0.6 is 0 Å². The highest BCUT2D eigenvalue weighted by Gasteiger charge is 2.46. The predicted molar refractivity (Wildman–Crippen MR) is 121 cm³/mol. The van der Waals surface area contributed by atoms with Gasteiger partial charge in [0.05, 0.1) is 11.3 Å². The number of hydrogen-bond acceptors (Lipinski definition) is 4. The quantitative estimate of drug-likeness (QED) is 0.424. The second-order valence-electron chi connectivity index (χ2n) is 8.60. The normalized spacial score (nSPS) is 19.4. The molecule has 0 aromatic heterocycles. The molecule has 2 aromatic rings. The minimum absolute atomic E-state index is 0.117. The van der Waals surface area contributed by atoms with Crippen LogP contribution in [0.3, 0.4) is 0 Å². The van der Waals surface area contributed by atoms with Gasteiger partial charge in [0.2, 0.25) is 0 Å². The van der Waals surface area contributed by atoms with Gasteiger partial charge in [-0.1, -0.05) is 60.1 Å². The second kappa shape index (κ2) is 8.86. The van der Waals surface area contributed by atoms with Crippen LogP contribution in [0.25, 0.3) is 5.57 Å². The van der Waals surface area contributed by atoms with E-state index in [1.807, 2.05) is 44.2 Å². The molecular weight excluding hydrogens is 374 g/mol. The molecule has 0 heterocycles. The largest absolute Gasteiger partial charge is 0.492 e. The second-order valence-corrected chi connectivity index (χ2v) is 8.60. The maximum atomic E-state index is 13.7. The molecular formula is C26H31NO3. The third-order valence-corrected chi connectivity index (χ3v) is 5.68. The Morgan fingerprint density at radius 1 is 1.10 bits per heavy atom. The molecule has 4 nitrogen and oxygen atoms in total. The summed E-state index contributed by atoms with van der Waals surface area (Å²) in [5.74, 6) is 0.887. The van der Waals surface area contributed by atoms with Crippen LogP contribution in [0.2, 0.25) is 0 Å². The van der Waals surface area contributed by atoms with Crippen molar-refractivity contribution in [2.75, 3.05) is 7.11 Å². The van der Waals surface area contributed by atoms with Gasteiger partial charge in [0.15, 0.2) is 5.78 Å². The van der Waals surface area contributed by atoms with Gasteiger partial charge >= 0.3 is 0 Å². The molecule has 0 N–H and O–H groups in total. The highest BCUT2D eigenvalue weighted by molar-refractivity contribution is 6.27. The van der Waals surface area contributed by atoms with Gasteiger partial charge < -0.3 is 9.57 Å². The Morgan fingerprint density at radius 3 is 2.33 bits per heavy atom. The van der Waals surface area contributed by atoms with E-state index in [0.29, 0.717) is 25.0 Å². The number of Topliss-reactive ketones (excluding diaryl/α,β-unsaturated/α-hetero) is 1. The van der Waals surface area contributed by atoms with Crippen LogP contribution in [-0.4, -0.2) is 18.6 Å². The summed E-state index contributed by atoms with van der Waals surface area (Å²) >= 11 is 0. The Labute approximate surface area is 179 Å². The van der Waals surface area contributed by atoms with Crippen LogP contribution in [0.1, 0.15) is 54.5 Å². The fourth-order valence-corrected chi connectivity index (χ4v) is 4.54. The first kappa shape index (κ1) is 21.8. The van der Waals surface area contributed by atoms with Gasteiger partial charge in [-0.2, -0.15) is 0 Å². The molecule has 2 aromatic carbocycles. The summed E-state index contributed by atoms with van der Waals surface area (Å²) in [6.07, 6.45) is 1.09. The molecule has 1 atom stereocenters. The lowest BCUT2D eigenvalue weighted by Gasteiger charge is -2.22. The fourth-order valence-electron chi connectivity index (χ4n) is 4.54. The Kier molecular flexibility index (Phi) is 6.45. The molecule has 0 radical (unpaired) electrons. The zero-order chi connectivity index (χ0) is 21.9. The molecule has 0 saturated carbocycles. The number of carbonyl (C=O) groups excluding carboxylic acids is 1. The number of benzene rings is 2. The lowest BCUT2D eigenvalue weighted by Crippen LogP contribution is -2.27. The number of rotatable bonds is 7. The highest BCUT2D eigenvalue weighted by atomic mass is 16.6. The van der Waals surface area contributed by atoms with E-state index in [0.717, 1.165) is 33.7 Å². The number of ketones is 1. The lowest BCUT2D eigenvalue weighted by atomic mass is 9.79. The number of allylic oxidation sites excluding steroid dienone is 2. The van der Waals surface area contributed by atoms with Gasteiger partial charge in [0.1, 0.15) is 19.5 Å². The topological polar surface area (TPSA) is 47.9 Å². The molecule has 0 bridgehead atoms. The Bertz CT molecular complexity index is 981. The minimum atomic E-state index is -0.600. The van der Waals surface area contributed by atoms with Crippen LogP contribution in [0.4, 0.5) is 0 Å². The van der Waals surface area contributed by atoms with Crippen LogP contribution in [0, 0.1) is 26.2 Å². The highest BCUT2D eigenvalue weighted by Crippen LogP contribution is 2.47. The third-order valence-electron chi connectivity index (χ3n) is 5.68. The number of hydrogen-bond donors (Lipinski definition) is 0. The van der Waals surface area contributed by atoms with Crippen molar-refractivity contribution in [3.05, 3.63) is 76.0 Å². The summed E-state index contributed by atoms with van der Waals surface area (Å²) in [5, 5.41) is 4.04. The maximum Gasteiger partial charge on any atom is 0.173 e. The van der Waals surface area contributed by atoms with E-state index >= 15 is 0 Å². The number of carbonyl (C=O) groups is 1. The Hall–Kier alpha value is -2.88. The average molecular weight is 406 g/mol. The van der Waals surface area contributed by atoms with Crippen molar-refractivity contribution in [1.29, 1.82) is 0 Å². The first-order chi connectivity index (χ1) is 14.2. The molecule has 4 heteroatoms. The van der Waals surface area contributed by atoms with E-state index in [9.17, 15) is 4.79 Å². The van der Waals surface area contributed by atoms with Crippen LogP contribution in [0.15, 0.2) is 53.4 Å². The van der Waals surface area contributed by atoms with E-state index in [-0.39, 0.29) is 5.78 Å². The van der Waals surface area contributed by atoms with Gasteiger partial charge in [0, 0.05) is 18.3 Å². The van der Waals surface area contributed by atoms with Crippen LogP contribution < -0.4 is 0 Å². The summed E-state index contributed by atoms with van der Waals surface area (Å²) < 4.78 is 6.29. The molecule has 158 valence electrons. The Balaban J connectivity index is 2.03. The van der Waals surface area contributed by atoms with Gasteiger partial charge in [-0.25, -0.2) is 0 Å². The van der Waals surface area contributed by atoms with Crippen molar-refractivity contribution in [3.8, 4) is 0 Å². The van der Waals surface area contributed by atoms with E-state index in [2.05, 4.69) is 38.1 Å². The van der Waals surface area contributed by atoms with Crippen molar-refractivity contribution >= 4 is 17.1 Å². The SMILES string of the molecule is CO/N=C(\C)CC1(C)CC(OCc2ccccc2)=C(c2c(C)cc(C)cc2C)C1=O. The smallest absolute Gasteiger partial charge is 0.173 e. The fraction of sp³-hybridized carbons (Fsp3) is 0.385. The maximum absolute atomic E-state index is 13.7.